The molecule has 6 heteroatoms. The summed E-state index contributed by atoms with van der Waals surface area (Å²) in [4.78, 5) is 25.3. The van der Waals surface area contributed by atoms with Crippen LogP contribution in [0.2, 0.25) is 0 Å². The number of aromatic nitrogens is 2. The van der Waals surface area contributed by atoms with Crippen LogP contribution in [0.4, 0.5) is 5.82 Å². The Kier molecular flexibility index (Phi) is 4.99. The molecule has 0 atom stereocenters. The van der Waals surface area contributed by atoms with Crippen LogP contribution in [0.15, 0.2) is 66.9 Å². The van der Waals surface area contributed by atoms with Crippen LogP contribution >= 0.6 is 0 Å². The number of esters is 1. The molecule has 4 aromatic rings. The molecule has 0 bridgehead atoms. The van der Waals surface area contributed by atoms with Crippen molar-refractivity contribution in [2.45, 2.75) is 19.9 Å². The third kappa shape index (κ3) is 3.69. The highest BCUT2D eigenvalue weighted by Crippen LogP contribution is 2.29. The Morgan fingerprint density at radius 2 is 1.62 bits per heavy atom. The molecule has 0 aliphatic heterocycles. The van der Waals surface area contributed by atoms with Crippen LogP contribution in [0.5, 0.6) is 0 Å². The first-order valence-electron chi connectivity index (χ1n) is 9.45. The maximum absolute atomic E-state index is 12.9. The summed E-state index contributed by atoms with van der Waals surface area (Å²) in [6, 6.07) is 19.2. The molecule has 0 aliphatic rings. The Morgan fingerprint density at radius 1 is 1.00 bits per heavy atom. The molecule has 146 valence electrons. The van der Waals surface area contributed by atoms with Crippen molar-refractivity contribution >= 4 is 39.2 Å². The number of ether oxygens (including phenoxy) is 1. The van der Waals surface area contributed by atoms with E-state index in [2.05, 4.69) is 10.4 Å². The molecule has 0 saturated carbocycles. The number of rotatable bonds is 5. The van der Waals surface area contributed by atoms with Crippen molar-refractivity contribution in [3.05, 3.63) is 72.4 Å². The van der Waals surface area contributed by atoms with Crippen LogP contribution in [0.3, 0.4) is 0 Å². The number of benzene rings is 3. The zero-order valence-corrected chi connectivity index (χ0v) is 16.3. The van der Waals surface area contributed by atoms with Crippen LogP contribution in [0, 0.1) is 0 Å². The largest absolute Gasteiger partial charge is 0.452 e. The van der Waals surface area contributed by atoms with Crippen LogP contribution in [-0.4, -0.2) is 28.3 Å². The summed E-state index contributed by atoms with van der Waals surface area (Å²) in [5.41, 5.74) is 0.471. The first kappa shape index (κ1) is 18.7. The number of carbonyl (C=O) groups is 2. The van der Waals surface area contributed by atoms with Gasteiger partial charge in [-0.25, -0.2) is 9.48 Å². The minimum Gasteiger partial charge on any atom is -0.452 e. The Hall–Kier alpha value is -3.67. The number of nitrogens with zero attached hydrogens (tertiary/aromatic N) is 2. The summed E-state index contributed by atoms with van der Waals surface area (Å²) < 4.78 is 7.07. The van der Waals surface area contributed by atoms with Crippen LogP contribution in [0.25, 0.3) is 21.5 Å². The predicted octanol–water partition coefficient (Wildman–Crippen LogP) is 4.57. The minimum atomic E-state index is -0.523. The molecule has 6 nitrogen and oxygen atoms in total. The number of amides is 1. The van der Waals surface area contributed by atoms with E-state index in [4.69, 9.17) is 4.74 Å². The molecule has 0 fully saturated rings. The third-order valence-electron chi connectivity index (χ3n) is 4.74. The highest BCUT2D eigenvalue weighted by Gasteiger charge is 2.18. The van der Waals surface area contributed by atoms with Gasteiger partial charge in [-0.2, -0.15) is 5.10 Å². The summed E-state index contributed by atoms with van der Waals surface area (Å²) in [5, 5.41) is 10.4. The lowest BCUT2D eigenvalue weighted by molar-refractivity contribution is -0.119. The van der Waals surface area contributed by atoms with E-state index in [1.165, 1.54) is 0 Å². The molecule has 1 amide bonds. The van der Waals surface area contributed by atoms with Gasteiger partial charge < -0.3 is 10.1 Å². The van der Waals surface area contributed by atoms with E-state index in [1.54, 1.807) is 16.9 Å². The molecule has 0 radical (unpaired) electrons. The average molecular weight is 387 g/mol. The molecule has 1 N–H and O–H groups in total. The lowest BCUT2D eigenvalue weighted by Gasteiger charge is -2.13. The third-order valence-corrected chi connectivity index (χ3v) is 4.74. The van der Waals surface area contributed by atoms with Crippen molar-refractivity contribution in [3.63, 3.8) is 0 Å². The summed E-state index contributed by atoms with van der Waals surface area (Å²) in [6.07, 6.45) is 1.61. The topological polar surface area (TPSA) is 73.2 Å². The Bertz CT molecular complexity index is 1160. The molecule has 1 heterocycles. The van der Waals surface area contributed by atoms with Gasteiger partial charge in [-0.15, -0.1) is 0 Å². The second-order valence-corrected chi connectivity index (χ2v) is 7.07. The summed E-state index contributed by atoms with van der Waals surface area (Å²) in [6.45, 7) is 3.56. The maximum Gasteiger partial charge on any atom is 0.339 e. The molecule has 0 aliphatic carbocycles. The zero-order chi connectivity index (χ0) is 20.4. The van der Waals surface area contributed by atoms with Gasteiger partial charge in [0.1, 0.15) is 5.82 Å². The van der Waals surface area contributed by atoms with Gasteiger partial charge in [-0.3, -0.25) is 4.79 Å². The van der Waals surface area contributed by atoms with Crippen molar-refractivity contribution in [1.29, 1.82) is 0 Å². The summed E-state index contributed by atoms with van der Waals surface area (Å²) in [5.74, 6) is -0.368. The van der Waals surface area contributed by atoms with E-state index in [0.29, 0.717) is 11.4 Å². The van der Waals surface area contributed by atoms with Crippen LogP contribution in [-0.2, 0) is 9.53 Å². The molecule has 0 spiro atoms. The van der Waals surface area contributed by atoms with E-state index < -0.39 is 11.9 Å². The van der Waals surface area contributed by atoms with E-state index in [0.717, 1.165) is 21.5 Å². The van der Waals surface area contributed by atoms with Gasteiger partial charge in [-0.05, 0) is 41.5 Å². The van der Waals surface area contributed by atoms with Gasteiger partial charge in [0.25, 0.3) is 5.91 Å². The quantitative estimate of drug-likeness (QED) is 0.402. The highest BCUT2D eigenvalue weighted by molar-refractivity contribution is 6.16. The standard InChI is InChI=1S/C23H21N3O3/c1-15(2)26-20(11-12-24-26)25-21(27)14-29-23(28)22-18-9-5-3-7-16(18)13-17-8-4-6-10-19(17)22/h3-13,15H,14H2,1-2H3,(H,25,27). The van der Waals surface area contributed by atoms with Crippen molar-refractivity contribution in [2.24, 2.45) is 0 Å². The minimum absolute atomic E-state index is 0.102. The van der Waals surface area contributed by atoms with Gasteiger partial charge in [0, 0.05) is 12.1 Å². The Balaban J connectivity index is 1.57. The summed E-state index contributed by atoms with van der Waals surface area (Å²) >= 11 is 0. The number of nitrogens with one attached hydrogen (secondary N) is 1. The number of carbonyl (C=O) groups excluding carboxylic acids is 2. The fraction of sp³-hybridized carbons (Fsp3) is 0.174. The average Bonchev–Trinajstić information content (AvgIpc) is 3.18. The van der Waals surface area contributed by atoms with E-state index in [9.17, 15) is 9.59 Å². The summed E-state index contributed by atoms with van der Waals surface area (Å²) in [7, 11) is 0. The predicted molar refractivity (Wildman–Crippen MR) is 113 cm³/mol. The lowest BCUT2D eigenvalue weighted by atomic mass is 9.97. The Morgan fingerprint density at radius 3 is 2.24 bits per heavy atom. The van der Waals surface area contributed by atoms with E-state index in [-0.39, 0.29) is 12.6 Å². The molecular formula is C23H21N3O3. The van der Waals surface area contributed by atoms with Crippen molar-refractivity contribution in [2.75, 3.05) is 11.9 Å². The van der Waals surface area contributed by atoms with Crippen molar-refractivity contribution in [3.8, 4) is 0 Å². The fourth-order valence-corrected chi connectivity index (χ4v) is 3.44. The molecule has 4 rings (SSSR count). The molecule has 0 unspecified atom stereocenters. The number of anilines is 1. The second-order valence-electron chi connectivity index (χ2n) is 7.07. The first-order valence-corrected chi connectivity index (χ1v) is 9.45. The van der Waals surface area contributed by atoms with E-state index >= 15 is 0 Å². The zero-order valence-electron chi connectivity index (χ0n) is 16.3. The van der Waals surface area contributed by atoms with Gasteiger partial charge >= 0.3 is 5.97 Å². The number of hydrogen-bond donors (Lipinski definition) is 1. The fourth-order valence-electron chi connectivity index (χ4n) is 3.44. The molecule has 0 saturated heterocycles. The normalized spacial score (nSPS) is 11.1. The Labute approximate surface area is 168 Å². The molecule has 3 aromatic carbocycles. The highest BCUT2D eigenvalue weighted by atomic mass is 16.5. The molecule has 29 heavy (non-hydrogen) atoms. The van der Waals surface area contributed by atoms with Gasteiger partial charge in [0.2, 0.25) is 0 Å². The maximum atomic E-state index is 12.9. The van der Waals surface area contributed by atoms with Crippen LogP contribution < -0.4 is 5.32 Å². The van der Waals surface area contributed by atoms with Crippen molar-refractivity contribution < 1.29 is 14.3 Å². The van der Waals surface area contributed by atoms with Gasteiger partial charge in [0.05, 0.1) is 11.8 Å². The van der Waals surface area contributed by atoms with Gasteiger partial charge in [0.15, 0.2) is 6.61 Å². The van der Waals surface area contributed by atoms with Crippen molar-refractivity contribution in [1.82, 2.24) is 9.78 Å². The lowest BCUT2D eigenvalue weighted by Crippen LogP contribution is -2.23. The smallest absolute Gasteiger partial charge is 0.339 e. The monoisotopic (exact) mass is 387 g/mol. The van der Waals surface area contributed by atoms with E-state index in [1.807, 2.05) is 68.4 Å². The van der Waals surface area contributed by atoms with Gasteiger partial charge in [-0.1, -0.05) is 48.5 Å². The molecular weight excluding hydrogens is 366 g/mol. The first-order chi connectivity index (χ1) is 14.0. The van der Waals surface area contributed by atoms with Crippen LogP contribution in [0.1, 0.15) is 30.2 Å². The number of hydrogen-bond acceptors (Lipinski definition) is 4. The SMILES string of the molecule is CC(C)n1nccc1NC(=O)COC(=O)c1c2ccccc2cc2ccccc12. The molecule has 1 aromatic heterocycles. The number of fused-ring (bicyclic) bond motifs is 2. The second kappa shape index (κ2) is 7.75.